The van der Waals surface area contributed by atoms with Crippen LogP contribution in [0.4, 0.5) is 18.9 Å². The number of nitrogens with one attached hydrogen (secondary N) is 1. The molecule has 1 fully saturated rings. The van der Waals surface area contributed by atoms with E-state index in [0.717, 1.165) is 6.20 Å². The van der Waals surface area contributed by atoms with Crippen LogP contribution in [0.25, 0.3) is 0 Å². The number of nitrogens with zero attached hydrogens (tertiary/aromatic N) is 2. The van der Waals surface area contributed by atoms with E-state index in [4.69, 9.17) is 11.6 Å². The van der Waals surface area contributed by atoms with Crippen LogP contribution in [0, 0.1) is 0 Å². The van der Waals surface area contributed by atoms with E-state index < -0.39 is 39.2 Å². The van der Waals surface area contributed by atoms with E-state index >= 15 is 0 Å². The highest BCUT2D eigenvalue weighted by molar-refractivity contribution is 7.91. The zero-order chi connectivity index (χ0) is 15.8. The molecule has 1 atom stereocenters. The van der Waals surface area contributed by atoms with Gasteiger partial charge < -0.3 is 5.32 Å². The maximum atomic E-state index is 12.2. The SMILES string of the molecule is O=c1c(Cl)c(NC2CCS(=O)(=O)C2)cnn1CC(F)(F)F. The zero-order valence-corrected chi connectivity index (χ0v) is 12.1. The molecule has 2 rings (SSSR count). The second kappa shape index (κ2) is 5.48. The van der Waals surface area contributed by atoms with Crippen LogP contribution in [-0.4, -0.2) is 41.9 Å². The van der Waals surface area contributed by atoms with Gasteiger partial charge in [0.05, 0.1) is 23.4 Å². The Balaban J connectivity index is 2.20. The first-order chi connectivity index (χ1) is 9.57. The van der Waals surface area contributed by atoms with E-state index in [-0.39, 0.29) is 21.9 Å². The van der Waals surface area contributed by atoms with Gasteiger partial charge in [-0.3, -0.25) is 4.79 Å². The van der Waals surface area contributed by atoms with Gasteiger partial charge >= 0.3 is 6.18 Å². The van der Waals surface area contributed by atoms with Crippen molar-refractivity contribution in [2.45, 2.75) is 25.2 Å². The summed E-state index contributed by atoms with van der Waals surface area (Å²) in [6.07, 6.45) is -3.26. The van der Waals surface area contributed by atoms with E-state index in [1.165, 1.54) is 0 Å². The number of hydrogen-bond acceptors (Lipinski definition) is 5. The molecule has 11 heteroatoms. The molecule has 21 heavy (non-hydrogen) atoms. The van der Waals surface area contributed by atoms with Crippen molar-refractivity contribution >= 4 is 27.1 Å². The first-order valence-electron chi connectivity index (χ1n) is 5.87. The van der Waals surface area contributed by atoms with E-state index in [9.17, 15) is 26.4 Å². The Kier molecular flexibility index (Phi) is 4.20. The fourth-order valence-corrected chi connectivity index (χ4v) is 3.85. The second-order valence-corrected chi connectivity index (χ2v) is 7.30. The van der Waals surface area contributed by atoms with Crippen LogP contribution in [0.5, 0.6) is 0 Å². The number of rotatable bonds is 3. The molecule has 0 bridgehead atoms. The molecule has 0 saturated carbocycles. The number of hydrogen-bond donors (Lipinski definition) is 1. The van der Waals surface area contributed by atoms with Crippen LogP contribution >= 0.6 is 11.6 Å². The van der Waals surface area contributed by atoms with E-state index in [0.29, 0.717) is 6.42 Å². The molecule has 6 nitrogen and oxygen atoms in total. The number of aromatic nitrogens is 2. The summed E-state index contributed by atoms with van der Waals surface area (Å²) in [5.41, 5.74) is -1.05. The molecule has 1 unspecified atom stereocenters. The Labute approximate surface area is 122 Å². The molecule has 2 heterocycles. The molecule has 1 saturated heterocycles. The first-order valence-corrected chi connectivity index (χ1v) is 8.07. The molecule has 0 radical (unpaired) electrons. The van der Waals surface area contributed by atoms with Gasteiger partial charge in [0.1, 0.15) is 11.6 Å². The Morgan fingerprint density at radius 3 is 2.67 bits per heavy atom. The third-order valence-corrected chi connectivity index (χ3v) is 5.04. The van der Waals surface area contributed by atoms with Crippen molar-refractivity contribution in [3.63, 3.8) is 0 Å². The predicted molar refractivity (Wildman–Crippen MR) is 70.2 cm³/mol. The lowest BCUT2D eigenvalue weighted by Crippen LogP contribution is -2.31. The maximum Gasteiger partial charge on any atom is 0.408 e. The van der Waals surface area contributed by atoms with Crippen molar-refractivity contribution in [1.82, 2.24) is 9.78 Å². The Morgan fingerprint density at radius 2 is 2.14 bits per heavy atom. The normalized spacial score (nSPS) is 21.4. The third kappa shape index (κ3) is 4.10. The average Bonchev–Trinajstić information content (AvgIpc) is 2.67. The molecule has 1 aliphatic heterocycles. The van der Waals surface area contributed by atoms with Gasteiger partial charge in [-0.15, -0.1) is 0 Å². The summed E-state index contributed by atoms with van der Waals surface area (Å²) in [5.74, 6) is -0.101. The van der Waals surface area contributed by atoms with Gasteiger partial charge in [-0.05, 0) is 6.42 Å². The van der Waals surface area contributed by atoms with Crippen molar-refractivity contribution < 1.29 is 21.6 Å². The summed E-state index contributed by atoms with van der Waals surface area (Å²) in [7, 11) is -3.13. The van der Waals surface area contributed by atoms with Gasteiger partial charge in [-0.1, -0.05) is 11.6 Å². The monoisotopic (exact) mass is 345 g/mol. The minimum Gasteiger partial charge on any atom is -0.379 e. The van der Waals surface area contributed by atoms with Crippen LogP contribution in [0.15, 0.2) is 11.0 Å². The van der Waals surface area contributed by atoms with E-state index in [1.807, 2.05) is 0 Å². The van der Waals surface area contributed by atoms with Crippen molar-refractivity contribution in [1.29, 1.82) is 0 Å². The average molecular weight is 346 g/mol. The molecule has 0 aliphatic carbocycles. The Hall–Kier alpha value is -1.29. The summed E-state index contributed by atoms with van der Waals surface area (Å²) < 4.78 is 59.6. The Morgan fingerprint density at radius 1 is 1.48 bits per heavy atom. The summed E-state index contributed by atoms with van der Waals surface area (Å²) in [6, 6.07) is -0.438. The Bertz CT molecular complexity index is 702. The number of alkyl halides is 3. The summed E-state index contributed by atoms with van der Waals surface area (Å²) >= 11 is 5.72. The molecule has 0 aromatic carbocycles. The van der Waals surface area contributed by atoms with Gasteiger partial charge in [-0.2, -0.15) is 18.3 Å². The smallest absolute Gasteiger partial charge is 0.379 e. The van der Waals surface area contributed by atoms with Gasteiger partial charge in [0.25, 0.3) is 5.56 Å². The topological polar surface area (TPSA) is 81.1 Å². The van der Waals surface area contributed by atoms with Crippen molar-refractivity contribution in [2.75, 3.05) is 16.8 Å². The molecular weight excluding hydrogens is 335 g/mol. The minimum atomic E-state index is -4.59. The fraction of sp³-hybridized carbons (Fsp3) is 0.600. The van der Waals surface area contributed by atoms with Crippen molar-refractivity contribution in [3.8, 4) is 0 Å². The molecule has 0 spiro atoms. The van der Waals surface area contributed by atoms with E-state index in [1.54, 1.807) is 0 Å². The van der Waals surface area contributed by atoms with Gasteiger partial charge in [0.15, 0.2) is 9.84 Å². The molecule has 1 aliphatic rings. The van der Waals surface area contributed by atoms with Crippen LogP contribution < -0.4 is 10.9 Å². The largest absolute Gasteiger partial charge is 0.408 e. The zero-order valence-electron chi connectivity index (χ0n) is 10.5. The number of anilines is 1. The lowest BCUT2D eigenvalue weighted by Gasteiger charge is -2.14. The molecular formula is C10H11ClF3N3O3S. The fourth-order valence-electron chi connectivity index (χ4n) is 1.98. The maximum absolute atomic E-state index is 12.2. The first kappa shape index (κ1) is 16.1. The van der Waals surface area contributed by atoms with Crippen molar-refractivity contribution in [3.05, 3.63) is 21.6 Å². The highest BCUT2D eigenvalue weighted by Crippen LogP contribution is 2.22. The highest BCUT2D eigenvalue weighted by Gasteiger charge is 2.31. The van der Waals surface area contributed by atoms with Gasteiger partial charge in [0.2, 0.25) is 0 Å². The number of sulfone groups is 1. The summed E-state index contributed by atoms with van der Waals surface area (Å²) in [6.45, 7) is -1.54. The lowest BCUT2D eigenvalue weighted by molar-refractivity contribution is -0.143. The van der Waals surface area contributed by atoms with Gasteiger partial charge in [0, 0.05) is 6.04 Å². The minimum absolute atomic E-state index is 0.0147. The lowest BCUT2D eigenvalue weighted by atomic mass is 10.2. The molecule has 1 aromatic heterocycles. The van der Waals surface area contributed by atoms with Crippen molar-refractivity contribution in [2.24, 2.45) is 0 Å². The summed E-state index contributed by atoms with van der Waals surface area (Å²) in [4.78, 5) is 11.7. The quantitative estimate of drug-likeness (QED) is 0.886. The molecule has 118 valence electrons. The standard InChI is InChI=1S/C10H11ClF3N3O3S/c11-8-7(16-6-1-2-21(19,20)4-6)3-15-17(9(8)18)5-10(12,13)14/h3,6,16H,1-2,4-5H2. The molecule has 1 N–H and O–H groups in total. The van der Waals surface area contributed by atoms with Gasteiger partial charge in [-0.25, -0.2) is 13.1 Å². The second-order valence-electron chi connectivity index (χ2n) is 4.69. The number of halogens is 4. The third-order valence-electron chi connectivity index (χ3n) is 2.91. The van der Waals surface area contributed by atoms with Crippen LogP contribution in [-0.2, 0) is 16.4 Å². The van der Waals surface area contributed by atoms with Crippen LogP contribution in [0.1, 0.15) is 6.42 Å². The predicted octanol–water partition coefficient (Wildman–Crippen LogP) is 1.06. The summed E-state index contributed by atoms with van der Waals surface area (Å²) in [5, 5.41) is 5.67. The molecule has 0 amide bonds. The van der Waals surface area contributed by atoms with Crippen LogP contribution in [0.3, 0.4) is 0 Å². The van der Waals surface area contributed by atoms with Crippen LogP contribution in [0.2, 0.25) is 5.02 Å². The molecule has 1 aromatic rings. The van der Waals surface area contributed by atoms with E-state index in [2.05, 4.69) is 10.4 Å². The highest BCUT2D eigenvalue weighted by atomic mass is 35.5.